The summed E-state index contributed by atoms with van der Waals surface area (Å²) < 4.78 is 0. The van der Waals surface area contributed by atoms with E-state index in [4.69, 9.17) is 11.6 Å². The summed E-state index contributed by atoms with van der Waals surface area (Å²) in [5.74, 6) is 0.712. The topological polar surface area (TPSA) is 82.2 Å². The number of aromatic nitrogens is 2. The van der Waals surface area contributed by atoms with E-state index in [0.717, 1.165) is 18.8 Å². The number of hydrogen-bond acceptors (Lipinski definition) is 5. The maximum absolute atomic E-state index is 11.8. The molecule has 0 unspecified atom stereocenters. The van der Waals surface area contributed by atoms with Crippen LogP contribution in [0.5, 0.6) is 0 Å². The van der Waals surface area contributed by atoms with Gasteiger partial charge in [-0.2, -0.15) is 5.10 Å². The lowest BCUT2D eigenvalue weighted by molar-refractivity contribution is 0.252. The molecule has 0 radical (unpaired) electrons. The molecule has 1 aliphatic heterocycles. The minimum Gasteiger partial charge on any atom is -0.370 e. The highest BCUT2D eigenvalue weighted by atomic mass is 35.5. The van der Waals surface area contributed by atoms with Gasteiger partial charge in [-0.15, -0.1) is 5.10 Å². The molecule has 1 aliphatic rings. The Morgan fingerprint density at radius 2 is 1.92 bits per heavy atom. The molecule has 0 spiro atoms. The molecule has 0 atom stereocenters. The maximum atomic E-state index is 11.8. The van der Waals surface area contributed by atoms with Crippen molar-refractivity contribution < 1.29 is 4.79 Å². The van der Waals surface area contributed by atoms with Crippen LogP contribution in [0, 0.1) is 0 Å². The van der Waals surface area contributed by atoms with Crippen LogP contribution < -0.4 is 20.9 Å². The van der Waals surface area contributed by atoms with Crippen LogP contribution in [0.3, 0.4) is 0 Å². The van der Waals surface area contributed by atoms with Crippen molar-refractivity contribution >= 4 is 34.8 Å². The summed E-state index contributed by atoms with van der Waals surface area (Å²) in [4.78, 5) is 14.1. The third kappa shape index (κ3) is 5.22. The zero-order chi connectivity index (χ0) is 17.5. The van der Waals surface area contributed by atoms with Gasteiger partial charge >= 0.3 is 6.03 Å². The highest BCUT2D eigenvalue weighted by molar-refractivity contribution is 6.30. The lowest BCUT2D eigenvalue weighted by Crippen LogP contribution is -2.32. The van der Waals surface area contributed by atoms with Crippen LogP contribution >= 0.6 is 11.6 Å². The van der Waals surface area contributed by atoms with Crippen molar-refractivity contribution in [3.63, 3.8) is 0 Å². The van der Waals surface area contributed by atoms with E-state index < -0.39 is 0 Å². The number of urea groups is 1. The Kier molecular flexibility index (Phi) is 5.90. The van der Waals surface area contributed by atoms with E-state index in [1.165, 1.54) is 12.8 Å². The van der Waals surface area contributed by atoms with Crippen molar-refractivity contribution in [1.29, 1.82) is 0 Å². The van der Waals surface area contributed by atoms with Gasteiger partial charge in [0.2, 0.25) is 0 Å². The first-order chi connectivity index (χ1) is 12.2. The van der Waals surface area contributed by atoms with Crippen LogP contribution in [0.4, 0.5) is 22.0 Å². The predicted octanol–water partition coefficient (Wildman–Crippen LogP) is 2.96. The Morgan fingerprint density at radius 3 is 2.68 bits per heavy atom. The normalized spacial score (nSPS) is 13.6. The van der Waals surface area contributed by atoms with E-state index in [-0.39, 0.29) is 6.03 Å². The summed E-state index contributed by atoms with van der Waals surface area (Å²) in [5.41, 5.74) is 1.78. The fourth-order valence-electron chi connectivity index (χ4n) is 2.67. The number of benzene rings is 1. The SMILES string of the molecule is O=C(NCCNc1cc(N2CCCC2)cnn1)Nc1ccc(Cl)cc1. The van der Waals surface area contributed by atoms with Gasteiger partial charge < -0.3 is 20.9 Å². The molecule has 1 aromatic heterocycles. The van der Waals surface area contributed by atoms with Gasteiger partial charge in [0.1, 0.15) is 0 Å². The van der Waals surface area contributed by atoms with Crippen molar-refractivity contribution in [2.24, 2.45) is 0 Å². The second-order valence-corrected chi connectivity index (χ2v) is 6.24. The summed E-state index contributed by atoms with van der Waals surface area (Å²) in [6.45, 7) is 3.16. The number of carbonyl (C=O) groups is 1. The molecule has 2 amide bonds. The van der Waals surface area contributed by atoms with Crippen LogP contribution in [0.2, 0.25) is 5.02 Å². The summed E-state index contributed by atoms with van der Waals surface area (Å²) >= 11 is 5.81. The largest absolute Gasteiger partial charge is 0.370 e. The fraction of sp³-hybridized carbons (Fsp3) is 0.353. The van der Waals surface area contributed by atoms with Crippen LogP contribution in [-0.4, -0.2) is 42.4 Å². The third-order valence-electron chi connectivity index (χ3n) is 3.93. The minimum absolute atomic E-state index is 0.263. The van der Waals surface area contributed by atoms with Gasteiger partial charge in [-0.1, -0.05) is 11.6 Å². The van der Waals surface area contributed by atoms with E-state index in [9.17, 15) is 4.79 Å². The van der Waals surface area contributed by atoms with Gasteiger partial charge in [-0.05, 0) is 37.1 Å². The second kappa shape index (κ2) is 8.53. The van der Waals surface area contributed by atoms with Gasteiger partial charge in [0, 0.05) is 43.0 Å². The van der Waals surface area contributed by atoms with Gasteiger partial charge in [0.25, 0.3) is 0 Å². The molecule has 7 nitrogen and oxygen atoms in total. The zero-order valence-corrected chi connectivity index (χ0v) is 14.6. The average Bonchev–Trinajstić information content (AvgIpc) is 3.16. The highest BCUT2D eigenvalue weighted by Gasteiger charge is 2.13. The van der Waals surface area contributed by atoms with Crippen molar-refractivity contribution in [2.75, 3.05) is 41.7 Å². The van der Waals surface area contributed by atoms with E-state index in [0.29, 0.717) is 29.6 Å². The smallest absolute Gasteiger partial charge is 0.319 e. The van der Waals surface area contributed by atoms with E-state index in [1.807, 2.05) is 6.07 Å². The van der Waals surface area contributed by atoms with E-state index in [2.05, 4.69) is 31.0 Å². The summed E-state index contributed by atoms with van der Waals surface area (Å²) in [5, 5.41) is 17.4. The Balaban J connectivity index is 1.40. The molecule has 0 aliphatic carbocycles. The molecule has 1 fully saturated rings. The number of anilines is 3. The van der Waals surface area contributed by atoms with Crippen LogP contribution in [0.25, 0.3) is 0 Å². The fourth-order valence-corrected chi connectivity index (χ4v) is 2.79. The monoisotopic (exact) mass is 360 g/mol. The molecule has 8 heteroatoms. The van der Waals surface area contributed by atoms with Crippen LogP contribution in [-0.2, 0) is 0 Å². The molecule has 1 aromatic carbocycles. The Hall–Kier alpha value is -2.54. The van der Waals surface area contributed by atoms with Gasteiger partial charge in [0.15, 0.2) is 5.82 Å². The number of nitrogens with zero attached hydrogens (tertiary/aromatic N) is 3. The number of carbonyl (C=O) groups excluding carboxylic acids is 1. The van der Waals surface area contributed by atoms with Crippen LogP contribution in [0.1, 0.15) is 12.8 Å². The molecule has 0 saturated carbocycles. The molecule has 25 heavy (non-hydrogen) atoms. The molecular formula is C17H21ClN6O. The lowest BCUT2D eigenvalue weighted by atomic mass is 10.3. The maximum Gasteiger partial charge on any atom is 0.319 e. The van der Waals surface area contributed by atoms with Gasteiger partial charge in [-0.3, -0.25) is 0 Å². The number of nitrogens with one attached hydrogen (secondary N) is 3. The average molecular weight is 361 g/mol. The number of halogens is 1. The number of rotatable bonds is 6. The third-order valence-corrected chi connectivity index (χ3v) is 4.18. The van der Waals surface area contributed by atoms with Crippen LogP contribution in [0.15, 0.2) is 36.5 Å². The van der Waals surface area contributed by atoms with Crippen molar-refractivity contribution in [3.8, 4) is 0 Å². The van der Waals surface area contributed by atoms with E-state index >= 15 is 0 Å². The molecule has 1 saturated heterocycles. The number of amides is 2. The van der Waals surface area contributed by atoms with Crippen molar-refractivity contribution in [1.82, 2.24) is 15.5 Å². The van der Waals surface area contributed by atoms with Gasteiger partial charge in [-0.25, -0.2) is 4.79 Å². The molecule has 0 bridgehead atoms. The quantitative estimate of drug-likeness (QED) is 0.690. The zero-order valence-electron chi connectivity index (χ0n) is 13.8. The minimum atomic E-state index is -0.263. The summed E-state index contributed by atoms with van der Waals surface area (Å²) in [6.07, 6.45) is 4.23. The van der Waals surface area contributed by atoms with E-state index in [1.54, 1.807) is 30.5 Å². The molecule has 132 valence electrons. The molecule has 2 aromatic rings. The predicted molar refractivity (Wildman–Crippen MR) is 100 cm³/mol. The Morgan fingerprint density at radius 1 is 1.16 bits per heavy atom. The lowest BCUT2D eigenvalue weighted by Gasteiger charge is -2.17. The number of hydrogen-bond donors (Lipinski definition) is 3. The standard InChI is InChI=1S/C17H21ClN6O/c18-13-3-5-14(6-4-13)22-17(25)20-8-7-19-16-11-15(12-21-23-16)24-9-1-2-10-24/h3-6,11-12H,1-2,7-10H2,(H,19,23)(H2,20,22,25). The molecule has 3 rings (SSSR count). The van der Waals surface area contributed by atoms with Crippen molar-refractivity contribution in [3.05, 3.63) is 41.6 Å². The Bertz CT molecular complexity index is 703. The first-order valence-electron chi connectivity index (χ1n) is 8.33. The highest BCUT2D eigenvalue weighted by Crippen LogP contribution is 2.20. The first kappa shape index (κ1) is 17.3. The first-order valence-corrected chi connectivity index (χ1v) is 8.70. The summed E-state index contributed by atoms with van der Waals surface area (Å²) in [7, 11) is 0. The molecule has 2 heterocycles. The molecule has 3 N–H and O–H groups in total. The Labute approximate surface area is 151 Å². The second-order valence-electron chi connectivity index (χ2n) is 5.81. The summed E-state index contributed by atoms with van der Waals surface area (Å²) in [6, 6.07) is 8.68. The molecular weight excluding hydrogens is 340 g/mol. The van der Waals surface area contributed by atoms with Crippen molar-refractivity contribution in [2.45, 2.75) is 12.8 Å². The van der Waals surface area contributed by atoms with Gasteiger partial charge in [0.05, 0.1) is 11.9 Å².